The van der Waals surface area contributed by atoms with Gasteiger partial charge in [0.25, 0.3) is 0 Å². The lowest BCUT2D eigenvalue weighted by Crippen LogP contribution is -2.49. The summed E-state index contributed by atoms with van der Waals surface area (Å²) in [6.45, 7) is 4.71. The molecule has 3 rings (SSSR count). The second-order valence-electron chi connectivity index (χ2n) is 5.69. The third-order valence-corrected chi connectivity index (χ3v) is 4.05. The fourth-order valence-electron chi connectivity index (χ4n) is 2.75. The van der Waals surface area contributed by atoms with Crippen LogP contribution in [0.3, 0.4) is 0 Å². The molecule has 118 valence electrons. The van der Waals surface area contributed by atoms with Gasteiger partial charge in [-0.05, 0) is 18.1 Å². The maximum Gasteiger partial charge on any atom is 0.211 e. The van der Waals surface area contributed by atoms with Gasteiger partial charge >= 0.3 is 0 Å². The molecule has 1 aromatic rings. The van der Waals surface area contributed by atoms with Crippen molar-refractivity contribution >= 4 is 5.84 Å². The van der Waals surface area contributed by atoms with E-state index in [0.29, 0.717) is 5.84 Å². The molecule has 6 heteroatoms. The zero-order valence-corrected chi connectivity index (χ0v) is 12.7. The van der Waals surface area contributed by atoms with E-state index in [2.05, 4.69) is 27.3 Å². The number of hydrogen-bond donors (Lipinski definition) is 3. The fraction of sp³-hybridized carbons (Fsp3) is 0.438. The smallest absolute Gasteiger partial charge is 0.211 e. The Labute approximate surface area is 130 Å². The number of ether oxygens (including phenoxy) is 1. The topological polar surface area (TPSA) is 88.9 Å². The Hall–Kier alpha value is -1.89. The molecule has 0 aliphatic carbocycles. The Bertz CT molecular complexity index is 580. The third-order valence-electron chi connectivity index (χ3n) is 4.05. The van der Waals surface area contributed by atoms with E-state index >= 15 is 0 Å². The van der Waals surface area contributed by atoms with Gasteiger partial charge in [-0.25, -0.2) is 4.99 Å². The van der Waals surface area contributed by atoms with E-state index in [1.54, 1.807) is 12.3 Å². The lowest BCUT2D eigenvalue weighted by atomic mass is 10.0. The number of rotatable bonds is 4. The molecule has 0 amide bonds. The molecular weight excluding hydrogens is 278 g/mol. The highest BCUT2D eigenvalue weighted by atomic mass is 16.5. The van der Waals surface area contributed by atoms with Crippen LogP contribution in [0, 0.1) is 0 Å². The molecule has 2 heterocycles. The average molecular weight is 301 g/mol. The summed E-state index contributed by atoms with van der Waals surface area (Å²) in [5.41, 5.74) is 14.3. The number of nitrogens with one attached hydrogen (secondary N) is 1. The van der Waals surface area contributed by atoms with Gasteiger partial charge in [-0.3, -0.25) is 10.6 Å². The number of nitrogens with two attached hydrogens (primary N) is 2. The summed E-state index contributed by atoms with van der Waals surface area (Å²) in [6, 6.07) is 8.22. The van der Waals surface area contributed by atoms with E-state index in [4.69, 9.17) is 16.2 Å². The molecule has 22 heavy (non-hydrogen) atoms. The van der Waals surface area contributed by atoms with E-state index in [-0.39, 0.29) is 0 Å². The number of nitrogens with zero attached hydrogens (tertiary/aromatic N) is 2. The number of amidine groups is 1. The molecule has 0 radical (unpaired) electrons. The van der Waals surface area contributed by atoms with Crippen LogP contribution in [0.5, 0.6) is 0 Å². The summed E-state index contributed by atoms with van der Waals surface area (Å²) >= 11 is 0. The first-order valence-electron chi connectivity index (χ1n) is 7.64. The summed E-state index contributed by atoms with van der Waals surface area (Å²) < 4.78 is 5.37. The lowest BCUT2D eigenvalue weighted by molar-refractivity contribution is 0.0384. The first-order chi connectivity index (χ1) is 10.7. The van der Waals surface area contributed by atoms with Gasteiger partial charge in [-0.2, -0.15) is 0 Å². The summed E-state index contributed by atoms with van der Waals surface area (Å²) in [7, 11) is 0. The molecule has 1 fully saturated rings. The first-order valence-corrected chi connectivity index (χ1v) is 7.64. The zero-order valence-electron chi connectivity index (χ0n) is 12.7. The van der Waals surface area contributed by atoms with E-state index in [1.165, 1.54) is 5.56 Å². The molecule has 2 aliphatic rings. The normalized spacial score (nSPS) is 25.6. The van der Waals surface area contributed by atoms with E-state index in [0.717, 1.165) is 44.8 Å². The van der Waals surface area contributed by atoms with Crippen LogP contribution >= 0.6 is 0 Å². The molecule has 0 spiro atoms. The third kappa shape index (κ3) is 3.47. The summed E-state index contributed by atoms with van der Waals surface area (Å²) in [5, 5.41) is 3.08. The van der Waals surface area contributed by atoms with Crippen molar-refractivity contribution in [3.63, 3.8) is 0 Å². The highest BCUT2D eigenvalue weighted by Gasteiger charge is 2.27. The van der Waals surface area contributed by atoms with Crippen LogP contribution in [-0.2, 0) is 16.9 Å². The lowest BCUT2D eigenvalue weighted by Gasteiger charge is -2.29. The van der Waals surface area contributed by atoms with E-state index < -0.39 is 5.79 Å². The van der Waals surface area contributed by atoms with Crippen molar-refractivity contribution in [2.75, 3.05) is 32.8 Å². The molecule has 0 saturated carbocycles. The standard InChI is InChI=1S/C16H23N5O/c17-15-4-6-19-16(18,20-15)14-3-1-2-13(12-14)5-7-21-8-10-22-11-9-21/h1-4,6,12,19H,5,7-11,18H2,(H2,17,20). The molecule has 1 unspecified atom stereocenters. The van der Waals surface area contributed by atoms with Gasteiger partial charge in [0.05, 0.1) is 13.2 Å². The Morgan fingerprint density at radius 1 is 1.32 bits per heavy atom. The Kier molecular flexibility index (Phi) is 4.42. The number of aliphatic imine (C=N–C) groups is 1. The first kappa shape index (κ1) is 15.0. The Morgan fingerprint density at radius 3 is 2.91 bits per heavy atom. The number of benzene rings is 1. The molecule has 6 nitrogen and oxygen atoms in total. The van der Waals surface area contributed by atoms with Crippen molar-refractivity contribution in [3.8, 4) is 0 Å². The van der Waals surface area contributed by atoms with Crippen LogP contribution in [0.25, 0.3) is 0 Å². The van der Waals surface area contributed by atoms with Gasteiger partial charge in [0.2, 0.25) is 5.79 Å². The van der Waals surface area contributed by atoms with Crippen LogP contribution in [0.4, 0.5) is 0 Å². The Morgan fingerprint density at radius 2 is 2.14 bits per heavy atom. The van der Waals surface area contributed by atoms with Crippen LogP contribution in [0.15, 0.2) is 41.5 Å². The largest absolute Gasteiger partial charge is 0.384 e. The molecule has 1 aromatic carbocycles. The second kappa shape index (κ2) is 6.48. The average Bonchev–Trinajstić information content (AvgIpc) is 2.54. The number of morpholine rings is 1. The number of hydrogen-bond acceptors (Lipinski definition) is 6. The SMILES string of the molecule is NC1=NC(N)(c2cccc(CCN3CCOCC3)c2)NC=C1. The van der Waals surface area contributed by atoms with Crippen molar-refractivity contribution < 1.29 is 4.74 Å². The van der Waals surface area contributed by atoms with Gasteiger partial charge in [0.15, 0.2) is 0 Å². The molecule has 1 atom stereocenters. The minimum Gasteiger partial charge on any atom is -0.384 e. The van der Waals surface area contributed by atoms with Gasteiger partial charge < -0.3 is 15.8 Å². The van der Waals surface area contributed by atoms with E-state index in [1.807, 2.05) is 12.1 Å². The quantitative estimate of drug-likeness (QED) is 0.734. The van der Waals surface area contributed by atoms with Crippen molar-refractivity contribution in [1.82, 2.24) is 10.2 Å². The minimum atomic E-state index is -0.978. The second-order valence-corrected chi connectivity index (χ2v) is 5.69. The van der Waals surface area contributed by atoms with Gasteiger partial charge in [0, 0.05) is 31.4 Å². The monoisotopic (exact) mass is 301 g/mol. The molecule has 0 bridgehead atoms. The Balaban J connectivity index is 1.68. The molecular formula is C16H23N5O. The van der Waals surface area contributed by atoms with Gasteiger partial charge in [-0.1, -0.05) is 24.3 Å². The van der Waals surface area contributed by atoms with Crippen LogP contribution < -0.4 is 16.8 Å². The molecule has 0 aromatic heterocycles. The van der Waals surface area contributed by atoms with Crippen LogP contribution in [0.2, 0.25) is 0 Å². The van der Waals surface area contributed by atoms with Crippen molar-refractivity contribution in [3.05, 3.63) is 47.7 Å². The zero-order chi connectivity index (χ0) is 15.4. The predicted molar refractivity (Wildman–Crippen MR) is 87.2 cm³/mol. The van der Waals surface area contributed by atoms with Crippen molar-refractivity contribution in [1.29, 1.82) is 0 Å². The van der Waals surface area contributed by atoms with Crippen molar-refractivity contribution in [2.24, 2.45) is 16.5 Å². The molecule has 1 saturated heterocycles. The summed E-state index contributed by atoms with van der Waals surface area (Å²) in [5.74, 6) is -0.548. The minimum absolute atomic E-state index is 0.431. The highest BCUT2D eigenvalue weighted by molar-refractivity contribution is 5.92. The fourth-order valence-corrected chi connectivity index (χ4v) is 2.75. The summed E-state index contributed by atoms with van der Waals surface area (Å²) in [4.78, 5) is 6.75. The van der Waals surface area contributed by atoms with Gasteiger partial charge in [0.1, 0.15) is 5.84 Å². The van der Waals surface area contributed by atoms with Crippen molar-refractivity contribution in [2.45, 2.75) is 12.2 Å². The van der Waals surface area contributed by atoms with Gasteiger partial charge in [-0.15, -0.1) is 0 Å². The van der Waals surface area contributed by atoms with Crippen LogP contribution in [-0.4, -0.2) is 43.6 Å². The van der Waals surface area contributed by atoms with Crippen LogP contribution in [0.1, 0.15) is 11.1 Å². The molecule has 5 N–H and O–H groups in total. The van der Waals surface area contributed by atoms with E-state index in [9.17, 15) is 0 Å². The molecule has 2 aliphatic heterocycles. The highest BCUT2D eigenvalue weighted by Crippen LogP contribution is 2.20. The maximum absolute atomic E-state index is 6.32. The predicted octanol–water partition coefficient (Wildman–Crippen LogP) is 0.104. The maximum atomic E-state index is 6.32. The summed E-state index contributed by atoms with van der Waals surface area (Å²) in [6.07, 6.45) is 4.43.